The molecule has 0 bridgehead atoms. The molecule has 0 aliphatic carbocycles. The average molecular weight is 279 g/mol. The molecular weight excluding hydrogens is 258 g/mol. The first kappa shape index (κ1) is 13.7. The second-order valence-corrected chi connectivity index (χ2v) is 5.37. The van der Waals surface area contributed by atoms with E-state index in [-0.39, 0.29) is 6.10 Å². The highest BCUT2D eigenvalue weighted by molar-refractivity contribution is 5.44. The summed E-state index contributed by atoms with van der Waals surface area (Å²) in [5.74, 6) is 1.46. The van der Waals surface area contributed by atoms with Crippen LogP contribution in [0.25, 0.3) is 0 Å². The number of aliphatic hydroxyl groups is 1. The van der Waals surface area contributed by atoms with Gasteiger partial charge < -0.3 is 24.2 Å². The summed E-state index contributed by atoms with van der Waals surface area (Å²) in [6.07, 6.45) is 0.0386. The lowest BCUT2D eigenvalue weighted by Crippen LogP contribution is -2.42. The number of likely N-dealkylation sites (N-methyl/N-ethyl adjacent to an activating group) is 1. The largest absolute Gasteiger partial charge is 0.490 e. The van der Waals surface area contributed by atoms with Gasteiger partial charge in [0.15, 0.2) is 11.5 Å². The molecule has 1 fully saturated rings. The number of ether oxygens (including phenoxy) is 3. The van der Waals surface area contributed by atoms with Gasteiger partial charge in [0, 0.05) is 19.5 Å². The van der Waals surface area contributed by atoms with E-state index in [9.17, 15) is 5.11 Å². The number of hydrogen-bond acceptors (Lipinski definition) is 5. The van der Waals surface area contributed by atoms with E-state index in [2.05, 4.69) is 4.90 Å². The highest BCUT2D eigenvalue weighted by Crippen LogP contribution is 2.33. The fourth-order valence-corrected chi connectivity index (χ4v) is 2.58. The summed E-state index contributed by atoms with van der Waals surface area (Å²) in [5, 5.41) is 10.5. The average Bonchev–Trinajstić information content (AvgIpc) is 2.71. The van der Waals surface area contributed by atoms with E-state index in [1.165, 1.54) is 0 Å². The minimum Gasteiger partial charge on any atom is -0.490 e. The van der Waals surface area contributed by atoms with Crippen molar-refractivity contribution in [3.63, 3.8) is 0 Å². The number of morpholine rings is 1. The summed E-state index contributed by atoms with van der Waals surface area (Å²) in [7, 11) is 2.04. The predicted molar refractivity (Wildman–Crippen MR) is 74.2 cm³/mol. The van der Waals surface area contributed by atoms with E-state index in [0.29, 0.717) is 25.6 Å². The van der Waals surface area contributed by atoms with Gasteiger partial charge in [-0.05, 0) is 24.7 Å². The maximum Gasteiger partial charge on any atom is 0.161 e. The van der Waals surface area contributed by atoms with Crippen molar-refractivity contribution in [1.29, 1.82) is 0 Å². The highest BCUT2D eigenvalue weighted by Gasteiger charge is 2.27. The number of benzene rings is 1. The van der Waals surface area contributed by atoms with Gasteiger partial charge in [0.1, 0.15) is 12.2 Å². The van der Waals surface area contributed by atoms with Crippen LogP contribution >= 0.6 is 0 Å². The van der Waals surface area contributed by atoms with Crippen LogP contribution in [-0.4, -0.2) is 56.1 Å². The third-order valence-electron chi connectivity index (χ3n) is 3.76. The Morgan fingerprint density at radius 3 is 2.80 bits per heavy atom. The fourth-order valence-electron chi connectivity index (χ4n) is 2.58. The minimum absolute atomic E-state index is 0.196. The molecule has 1 aromatic rings. The Morgan fingerprint density at radius 1 is 1.20 bits per heavy atom. The SMILES string of the molecule is CN1CCOC(C(O)c2ccc3c(c2)OCCCO3)C1. The van der Waals surface area contributed by atoms with Crippen molar-refractivity contribution >= 4 is 0 Å². The number of rotatable bonds is 2. The molecule has 1 saturated heterocycles. The molecule has 2 aliphatic heterocycles. The van der Waals surface area contributed by atoms with Crippen molar-refractivity contribution in [2.75, 3.05) is 40.0 Å². The Bertz CT molecular complexity index is 465. The van der Waals surface area contributed by atoms with Crippen LogP contribution in [0.5, 0.6) is 11.5 Å². The molecule has 2 aliphatic rings. The topological polar surface area (TPSA) is 51.2 Å². The zero-order chi connectivity index (χ0) is 13.9. The predicted octanol–water partition coefficient (Wildman–Crippen LogP) is 1.21. The molecule has 2 unspecified atom stereocenters. The number of hydrogen-bond donors (Lipinski definition) is 1. The second-order valence-electron chi connectivity index (χ2n) is 5.37. The maximum absolute atomic E-state index is 10.5. The van der Waals surface area contributed by atoms with Gasteiger partial charge in [0.25, 0.3) is 0 Å². The fraction of sp³-hybridized carbons (Fsp3) is 0.600. The van der Waals surface area contributed by atoms with E-state index in [1.54, 1.807) is 0 Å². The molecule has 0 amide bonds. The van der Waals surface area contributed by atoms with Crippen molar-refractivity contribution in [1.82, 2.24) is 4.90 Å². The number of nitrogens with zero attached hydrogens (tertiary/aromatic N) is 1. The molecule has 110 valence electrons. The van der Waals surface area contributed by atoms with Crippen molar-refractivity contribution in [3.05, 3.63) is 23.8 Å². The minimum atomic E-state index is -0.644. The summed E-state index contributed by atoms with van der Waals surface area (Å²) in [6, 6.07) is 5.62. The molecule has 20 heavy (non-hydrogen) atoms. The maximum atomic E-state index is 10.5. The standard InChI is InChI=1S/C15H21NO4/c1-16-5-8-20-14(10-16)15(17)11-3-4-12-13(9-11)19-7-2-6-18-12/h3-4,9,14-15,17H,2,5-8,10H2,1H3. The molecule has 0 saturated carbocycles. The summed E-state index contributed by atoms with van der Waals surface area (Å²) >= 11 is 0. The van der Waals surface area contributed by atoms with Gasteiger partial charge in [-0.15, -0.1) is 0 Å². The van der Waals surface area contributed by atoms with Crippen LogP contribution in [-0.2, 0) is 4.74 Å². The molecule has 1 N–H and O–H groups in total. The van der Waals surface area contributed by atoms with E-state index >= 15 is 0 Å². The van der Waals surface area contributed by atoms with Gasteiger partial charge in [-0.1, -0.05) is 6.07 Å². The Labute approximate surface area is 119 Å². The third kappa shape index (κ3) is 2.90. The Kier molecular flexibility index (Phi) is 4.10. The summed E-state index contributed by atoms with van der Waals surface area (Å²) in [6.45, 7) is 3.61. The van der Waals surface area contributed by atoms with E-state index in [4.69, 9.17) is 14.2 Å². The van der Waals surface area contributed by atoms with Crippen LogP contribution in [0.15, 0.2) is 18.2 Å². The zero-order valence-corrected chi connectivity index (χ0v) is 11.7. The van der Waals surface area contributed by atoms with Crippen LogP contribution in [0.4, 0.5) is 0 Å². The van der Waals surface area contributed by atoms with Crippen LogP contribution in [0.2, 0.25) is 0 Å². The van der Waals surface area contributed by atoms with E-state index < -0.39 is 6.10 Å². The first-order chi connectivity index (χ1) is 9.74. The molecule has 3 rings (SSSR count). The first-order valence-electron chi connectivity index (χ1n) is 7.12. The number of fused-ring (bicyclic) bond motifs is 1. The molecule has 5 heteroatoms. The lowest BCUT2D eigenvalue weighted by Gasteiger charge is -2.33. The van der Waals surface area contributed by atoms with Crippen LogP contribution in [0.3, 0.4) is 0 Å². The Morgan fingerprint density at radius 2 is 2.00 bits per heavy atom. The lowest BCUT2D eigenvalue weighted by molar-refractivity contribution is -0.0845. The molecule has 0 spiro atoms. The van der Waals surface area contributed by atoms with Gasteiger partial charge in [-0.2, -0.15) is 0 Å². The van der Waals surface area contributed by atoms with Crippen LogP contribution < -0.4 is 9.47 Å². The molecule has 0 radical (unpaired) electrons. The second kappa shape index (κ2) is 5.99. The van der Waals surface area contributed by atoms with E-state index in [0.717, 1.165) is 30.8 Å². The summed E-state index contributed by atoms with van der Waals surface area (Å²) in [4.78, 5) is 2.17. The van der Waals surface area contributed by atoms with E-state index in [1.807, 2.05) is 25.2 Å². The quantitative estimate of drug-likeness (QED) is 0.882. The van der Waals surface area contributed by atoms with Crippen molar-refractivity contribution in [2.45, 2.75) is 18.6 Å². The van der Waals surface area contributed by atoms with Gasteiger partial charge in [-0.25, -0.2) is 0 Å². The zero-order valence-electron chi connectivity index (χ0n) is 11.7. The van der Waals surface area contributed by atoms with Gasteiger partial charge in [0.2, 0.25) is 0 Å². The van der Waals surface area contributed by atoms with Gasteiger partial charge in [-0.3, -0.25) is 0 Å². The van der Waals surface area contributed by atoms with Crippen molar-refractivity contribution in [3.8, 4) is 11.5 Å². The van der Waals surface area contributed by atoms with Crippen LogP contribution in [0, 0.1) is 0 Å². The molecule has 1 aromatic carbocycles. The van der Waals surface area contributed by atoms with Crippen molar-refractivity contribution < 1.29 is 19.3 Å². The smallest absolute Gasteiger partial charge is 0.161 e. The van der Waals surface area contributed by atoms with Crippen molar-refractivity contribution in [2.24, 2.45) is 0 Å². The normalized spacial score (nSPS) is 25.0. The Balaban J connectivity index is 1.77. The summed E-state index contributed by atoms with van der Waals surface area (Å²) < 4.78 is 16.9. The van der Waals surface area contributed by atoms with Gasteiger partial charge >= 0.3 is 0 Å². The number of aliphatic hydroxyl groups excluding tert-OH is 1. The summed E-state index contributed by atoms with van der Waals surface area (Å²) in [5.41, 5.74) is 0.814. The van der Waals surface area contributed by atoms with Crippen LogP contribution in [0.1, 0.15) is 18.1 Å². The van der Waals surface area contributed by atoms with Gasteiger partial charge in [0.05, 0.1) is 19.8 Å². The monoisotopic (exact) mass is 279 g/mol. The third-order valence-corrected chi connectivity index (χ3v) is 3.76. The highest BCUT2D eigenvalue weighted by atomic mass is 16.5. The molecule has 2 heterocycles. The molecular formula is C15H21NO4. The first-order valence-corrected chi connectivity index (χ1v) is 7.12. The molecule has 2 atom stereocenters. The molecule has 5 nitrogen and oxygen atoms in total. The Hall–Kier alpha value is -1.30. The molecule has 0 aromatic heterocycles. The lowest BCUT2D eigenvalue weighted by atomic mass is 10.0.